The van der Waals surface area contributed by atoms with Crippen LogP contribution in [0, 0.1) is 5.41 Å². The molecule has 1 saturated heterocycles. The largest absolute Gasteiger partial charge is 0.342 e. The first-order valence-electron chi connectivity index (χ1n) is 5.97. The van der Waals surface area contributed by atoms with Crippen molar-refractivity contribution < 1.29 is 4.79 Å². The van der Waals surface area contributed by atoms with Gasteiger partial charge in [-0.15, -0.1) is 0 Å². The molecule has 2 nitrogen and oxygen atoms in total. The summed E-state index contributed by atoms with van der Waals surface area (Å²) in [6, 6.07) is 0. The van der Waals surface area contributed by atoms with E-state index >= 15 is 0 Å². The van der Waals surface area contributed by atoms with Crippen LogP contribution >= 0.6 is 45.2 Å². The van der Waals surface area contributed by atoms with Crippen molar-refractivity contribution in [2.45, 2.75) is 46.9 Å². The number of hydrogen-bond acceptors (Lipinski definition) is 1. The lowest BCUT2D eigenvalue weighted by atomic mass is 9.93. The number of alkyl halides is 2. The molecule has 2 unspecified atom stereocenters. The predicted octanol–water partition coefficient (Wildman–Crippen LogP) is 3.41. The number of amides is 1. The first-order chi connectivity index (χ1) is 7.35. The summed E-state index contributed by atoms with van der Waals surface area (Å²) in [7, 11) is 0. The maximum Gasteiger partial charge on any atom is 0.229 e. The Kier molecular flexibility index (Phi) is 3.80. The van der Waals surface area contributed by atoms with Gasteiger partial charge in [0.15, 0.2) is 0 Å². The van der Waals surface area contributed by atoms with Crippen LogP contribution in [0.2, 0.25) is 0 Å². The van der Waals surface area contributed by atoms with Crippen molar-refractivity contribution in [2.24, 2.45) is 5.41 Å². The van der Waals surface area contributed by atoms with Crippen molar-refractivity contribution in [1.82, 2.24) is 4.90 Å². The van der Waals surface area contributed by atoms with E-state index in [0.717, 1.165) is 25.9 Å². The molecule has 1 saturated carbocycles. The van der Waals surface area contributed by atoms with Gasteiger partial charge in [0.2, 0.25) is 5.91 Å². The molecule has 16 heavy (non-hydrogen) atoms. The molecule has 0 radical (unpaired) electrons. The Morgan fingerprint density at radius 1 is 1.44 bits per heavy atom. The van der Waals surface area contributed by atoms with Crippen LogP contribution in [-0.4, -0.2) is 31.2 Å². The summed E-state index contributed by atoms with van der Waals surface area (Å²) >= 11 is 4.93. The maximum atomic E-state index is 12.5. The van der Waals surface area contributed by atoms with Gasteiger partial charge in [-0.2, -0.15) is 0 Å². The number of carbonyl (C=O) groups is 1. The summed E-state index contributed by atoms with van der Waals surface area (Å²) in [4.78, 5) is 14.6. The van der Waals surface area contributed by atoms with Crippen molar-refractivity contribution in [3.05, 3.63) is 0 Å². The second-order valence-corrected chi connectivity index (χ2v) is 10.1. The van der Waals surface area contributed by atoms with Crippen LogP contribution in [0.1, 0.15) is 39.5 Å². The minimum absolute atomic E-state index is 0.0183. The van der Waals surface area contributed by atoms with Crippen LogP contribution in [-0.2, 0) is 4.79 Å². The first-order valence-corrected chi connectivity index (χ1v) is 8.30. The van der Waals surface area contributed by atoms with Crippen LogP contribution in [0.4, 0.5) is 0 Å². The van der Waals surface area contributed by atoms with Crippen LogP contribution in [0.3, 0.4) is 0 Å². The monoisotopic (exact) mass is 447 g/mol. The molecule has 2 aliphatic rings. The highest BCUT2D eigenvalue weighted by molar-refractivity contribution is 14.1. The third kappa shape index (κ3) is 2.67. The molecule has 1 heterocycles. The van der Waals surface area contributed by atoms with E-state index < -0.39 is 0 Å². The van der Waals surface area contributed by atoms with Crippen LogP contribution < -0.4 is 0 Å². The number of nitrogens with zero attached hydrogens (tertiary/aromatic N) is 1. The molecule has 92 valence electrons. The lowest BCUT2D eigenvalue weighted by molar-refractivity contribution is -0.136. The predicted molar refractivity (Wildman–Crippen MR) is 83.4 cm³/mol. The van der Waals surface area contributed by atoms with Gasteiger partial charge < -0.3 is 4.90 Å². The van der Waals surface area contributed by atoms with Crippen LogP contribution in [0.5, 0.6) is 0 Å². The van der Waals surface area contributed by atoms with E-state index in [-0.39, 0.29) is 8.84 Å². The first kappa shape index (κ1) is 13.4. The van der Waals surface area contributed by atoms with Gasteiger partial charge in [-0.25, -0.2) is 0 Å². The Hall–Kier alpha value is 0.930. The van der Waals surface area contributed by atoms with Crippen molar-refractivity contribution in [3.8, 4) is 0 Å². The van der Waals surface area contributed by atoms with E-state index in [1.165, 1.54) is 12.8 Å². The highest BCUT2D eigenvalue weighted by atomic mass is 127. The second kappa shape index (κ2) is 4.55. The molecule has 2 rings (SSSR count). The van der Waals surface area contributed by atoms with E-state index in [1.807, 2.05) is 0 Å². The fraction of sp³-hybridized carbons (Fsp3) is 0.917. The zero-order valence-corrected chi connectivity index (χ0v) is 14.2. The number of likely N-dealkylation sites (tertiary alicyclic amines) is 1. The van der Waals surface area contributed by atoms with Gasteiger partial charge in [0.05, 0.1) is 5.41 Å². The molecule has 0 spiro atoms. The summed E-state index contributed by atoms with van der Waals surface area (Å²) < 4.78 is 0.791. The van der Waals surface area contributed by atoms with Crippen LogP contribution in [0.15, 0.2) is 0 Å². The second-order valence-electron chi connectivity index (χ2n) is 5.72. The average molecular weight is 447 g/mol. The summed E-state index contributed by atoms with van der Waals surface area (Å²) in [5, 5.41) is 0. The molecule has 0 aromatic carbocycles. The number of hydrogen-bond donors (Lipinski definition) is 0. The standard InChI is InChI=1S/C12H19I2NO/c1-11(2,14)8-12(7-9(12)13)10(16)15-5-3-4-6-15/h9H,3-8H2,1-2H3. The molecule has 0 N–H and O–H groups in total. The molecule has 0 bridgehead atoms. The summed E-state index contributed by atoms with van der Waals surface area (Å²) in [6.07, 6.45) is 4.52. The van der Waals surface area contributed by atoms with E-state index in [9.17, 15) is 4.79 Å². The van der Waals surface area contributed by atoms with Crippen molar-refractivity contribution in [3.63, 3.8) is 0 Å². The number of carbonyl (C=O) groups excluding carboxylic acids is 1. The number of halogens is 2. The van der Waals surface area contributed by atoms with Gasteiger partial charge in [0.25, 0.3) is 0 Å². The van der Waals surface area contributed by atoms with Crippen molar-refractivity contribution in [1.29, 1.82) is 0 Å². The summed E-state index contributed by atoms with van der Waals surface area (Å²) in [5.74, 6) is 0.439. The lowest BCUT2D eigenvalue weighted by Crippen LogP contribution is -2.38. The molecule has 1 aliphatic carbocycles. The van der Waals surface area contributed by atoms with Gasteiger partial charge in [0, 0.05) is 20.4 Å². The Bertz CT molecular complexity index is 294. The van der Waals surface area contributed by atoms with Gasteiger partial charge >= 0.3 is 0 Å². The molecular formula is C12H19I2NO. The maximum absolute atomic E-state index is 12.5. The molecule has 2 fully saturated rings. The lowest BCUT2D eigenvalue weighted by Gasteiger charge is -2.28. The molecule has 2 atom stereocenters. The molecule has 1 aliphatic heterocycles. The van der Waals surface area contributed by atoms with Crippen molar-refractivity contribution >= 4 is 51.1 Å². The van der Waals surface area contributed by atoms with Gasteiger partial charge in [-0.3, -0.25) is 4.79 Å². The molecule has 0 aromatic rings. The fourth-order valence-electron chi connectivity index (χ4n) is 2.73. The third-order valence-electron chi connectivity index (χ3n) is 3.54. The number of rotatable bonds is 3. The smallest absolute Gasteiger partial charge is 0.229 e. The molecular weight excluding hydrogens is 428 g/mol. The van der Waals surface area contributed by atoms with E-state index in [4.69, 9.17) is 0 Å². The van der Waals surface area contributed by atoms with E-state index in [2.05, 4.69) is 63.9 Å². The average Bonchev–Trinajstić information content (AvgIpc) is 2.67. The Morgan fingerprint density at radius 3 is 2.31 bits per heavy atom. The minimum atomic E-state index is -0.0183. The fourth-order valence-corrected chi connectivity index (χ4v) is 4.68. The zero-order chi connectivity index (χ0) is 12.0. The SMILES string of the molecule is CC(C)(I)CC1(C(=O)N2CCCC2)CC1I. The normalized spacial score (nSPS) is 34.2. The van der Waals surface area contributed by atoms with Gasteiger partial charge in [-0.05, 0) is 25.7 Å². The highest BCUT2D eigenvalue weighted by Crippen LogP contribution is 2.58. The molecule has 0 aromatic heterocycles. The Labute approximate surface area is 125 Å². The minimum Gasteiger partial charge on any atom is -0.342 e. The highest BCUT2D eigenvalue weighted by Gasteiger charge is 2.61. The zero-order valence-electron chi connectivity index (χ0n) is 9.93. The third-order valence-corrected chi connectivity index (χ3v) is 5.55. The molecule has 4 heteroatoms. The summed E-state index contributed by atoms with van der Waals surface area (Å²) in [5.41, 5.74) is -0.0183. The van der Waals surface area contributed by atoms with Crippen molar-refractivity contribution in [2.75, 3.05) is 13.1 Å². The Balaban J connectivity index is 2.07. The van der Waals surface area contributed by atoms with Gasteiger partial charge in [-0.1, -0.05) is 59.0 Å². The summed E-state index contributed by atoms with van der Waals surface area (Å²) in [6.45, 7) is 6.44. The van der Waals surface area contributed by atoms with E-state index in [0.29, 0.717) is 9.83 Å². The quantitative estimate of drug-likeness (QED) is 0.480. The van der Waals surface area contributed by atoms with Gasteiger partial charge in [0.1, 0.15) is 0 Å². The Morgan fingerprint density at radius 2 is 1.94 bits per heavy atom. The topological polar surface area (TPSA) is 20.3 Å². The molecule has 1 amide bonds. The van der Waals surface area contributed by atoms with E-state index in [1.54, 1.807) is 0 Å². The van der Waals surface area contributed by atoms with Crippen LogP contribution in [0.25, 0.3) is 0 Å².